The molecule has 0 bridgehead atoms. The van der Waals surface area contributed by atoms with Gasteiger partial charge in [-0.05, 0) is 30.3 Å². The van der Waals surface area contributed by atoms with Crippen molar-refractivity contribution in [3.63, 3.8) is 0 Å². The second-order valence-corrected chi connectivity index (χ2v) is 9.48. The van der Waals surface area contributed by atoms with Gasteiger partial charge >= 0.3 is 12.4 Å². The molecule has 1 N–H and O–H groups in total. The third-order valence-corrected chi connectivity index (χ3v) is 7.27. The van der Waals surface area contributed by atoms with Gasteiger partial charge in [0.05, 0.1) is 4.90 Å². The summed E-state index contributed by atoms with van der Waals surface area (Å²) in [6.07, 6.45) is -11.9. The van der Waals surface area contributed by atoms with E-state index in [2.05, 4.69) is 0 Å². The molecule has 3 rings (SSSR count). The first-order chi connectivity index (χ1) is 14.7. The Morgan fingerprint density at radius 3 is 1.84 bits per heavy atom. The summed E-state index contributed by atoms with van der Waals surface area (Å²) in [5, 5.41) is 9.71. The maximum Gasteiger partial charge on any atom is 0.430 e. The van der Waals surface area contributed by atoms with E-state index < -0.39 is 33.5 Å². The van der Waals surface area contributed by atoms with E-state index in [4.69, 9.17) is 11.6 Å². The SMILES string of the molecule is O=S(=O)(c1cccc(Cl)c1)N1CCN(c2ccc(C(O)(C(F)(F)F)C(F)(F)F)cc2)CC1. The van der Waals surface area contributed by atoms with Crippen LogP contribution in [0.4, 0.5) is 32.0 Å². The zero-order chi connectivity index (χ0) is 23.9. The van der Waals surface area contributed by atoms with Crippen molar-refractivity contribution in [3.8, 4) is 0 Å². The van der Waals surface area contributed by atoms with E-state index in [1.54, 1.807) is 4.90 Å². The Labute approximate surface area is 184 Å². The molecule has 0 spiro atoms. The topological polar surface area (TPSA) is 60.9 Å². The molecule has 0 unspecified atom stereocenters. The van der Waals surface area contributed by atoms with E-state index in [0.29, 0.717) is 17.8 Å². The van der Waals surface area contributed by atoms with E-state index in [0.717, 1.165) is 12.1 Å². The number of sulfonamides is 1. The molecule has 1 fully saturated rings. The lowest BCUT2D eigenvalue weighted by molar-refractivity contribution is -0.376. The third kappa shape index (κ3) is 4.41. The summed E-state index contributed by atoms with van der Waals surface area (Å²) in [6, 6.07) is 8.91. The van der Waals surface area contributed by atoms with Crippen molar-refractivity contribution >= 4 is 27.3 Å². The number of hydrogen-bond donors (Lipinski definition) is 1. The molecule has 1 saturated heterocycles. The van der Waals surface area contributed by atoms with E-state index in [9.17, 15) is 39.9 Å². The molecule has 5 nitrogen and oxygen atoms in total. The van der Waals surface area contributed by atoms with Crippen LogP contribution in [0.2, 0.25) is 5.02 Å². The highest BCUT2D eigenvalue weighted by Gasteiger charge is 2.71. The second kappa shape index (κ2) is 8.40. The molecule has 32 heavy (non-hydrogen) atoms. The molecule has 1 aliphatic rings. The van der Waals surface area contributed by atoms with Gasteiger partial charge in [-0.1, -0.05) is 29.8 Å². The van der Waals surface area contributed by atoms with Crippen LogP contribution < -0.4 is 4.90 Å². The number of nitrogens with zero attached hydrogens (tertiary/aromatic N) is 2. The first kappa shape index (κ1) is 24.6. The molecule has 13 heteroatoms. The number of halogens is 7. The lowest BCUT2D eigenvalue weighted by Gasteiger charge is -2.36. The summed E-state index contributed by atoms with van der Waals surface area (Å²) in [5.41, 5.74) is -6.06. The number of piperazine rings is 1. The molecular formula is C19H17ClF6N2O3S. The first-order valence-corrected chi connectivity index (χ1v) is 11.0. The number of anilines is 1. The van der Waals surface area contributed by atoms with Crippen LogP contribution in [0.1, 0.15) is 5.56 Å². The summed E-state index contributed by atoms with van der Waals surface area (Å²) in [4.78, 5) is 1.63. The minimum atomic E-state index is -5.97. The highest BCUT2D eigenvalue weighted by molar-refractivity contribution is 7.89. The molecule has 0 aromatic heterocycles. The summed E-state index contributed by atoms with van der Waals surface area (Å²) in [7, 11) is -3.81. The Hall–Kier alpha value is -2.02. The Morgan fingerprint density at radius 2 is 1.38 bits per heavy atom. The smallest absolute Gasteiger partial charge is 0.369 e. The Bertz CT molecular complexity index is 1050. The number of rotatable bonds is 4. The number of alkyl halides is 6. The molecule has 0 atom stereocenters. The summed E-state index contributed by atoms with van der Waals surface area (Å²) >= 11 is 5.84. The average molecular weight is 503 g/mol. The fourth-order valence-electron chi connectivity index (χ4n) is 3.36. The minimum absolute atomic E-state index is 0.0152. The fraction of sp³-hybridized carbons (Fsp3) is 0.368. The van der Waals surface area contributed by atoms with Crippen LogP contribution in [-0.4, -0.2) is 56.4 Å². The highest BCUT2D eigenvalue weighted by Crippen LogP contribution is 2.50. The largest absolute Gasteiger partial charge is 0.430 e. The first-order valence-electron chi connectivity index (χ1n) is 9.15. The monoisotopic (exact) mass is 502 g/mol. The van der Waals surface area contributed by atoms with E-state index >= 15 is 0 Å². The van der Waals surface area contributed by atoms with Gasteiger partial charge in [0.15, 0.2) is 0 Å². The van der Waals surface area contributed by atoms with Crippen molar-refractivity contribution in [1.29, 1.82) is 0 Å². The van der Waals surface area contributed by atoms with Gasteiger partial charge in [0, 0.05) is 42.5 Å². The summed E-state index contributed by atoms with van der Waals surface area (Å²) < 4.78 is 105. The fourth-order valence-corrected chi connectivity index (χ4v) is 5.09. The highest BCUT2D eigenvalue weighted by atomic mass is 35.5. The normalized spacial score (nSPS) is 16.9. The van der Waals surface area contributed by atoms with Crippen molar-refractivity contribution in [1.82, 2.24) is 4.31 Å². The lowest BCUT2D eigenvalue weighted by atomic mass is 9.92. The van der Waals surface area contributed by atoms with Crippen LogP contribution in [0.3, 0.4) is 0 Å². The summed E-state index contributed by atoms with van der Waals surface area (Å²) in [5.74, 6) is 0. The van der Waals surface area contributed by atoms with Crippen LogP contribution in [-0.2, 0) is 15.6 Å². The number of benzene rings is 2. The van der Waals surface area contributed by atoms with Gasteiger partial charge in [-0.3, -0.25) is 0 Å². The van der Waals surface area contributed by atoms with Gasteiger partial charge in [-0.25, -0.2) is 8.42 Å². The van der Waals surface area contributed by atoms with Gasteiger partial charge < -0.3 is 10.0 Å². The Kier molecular flexibility index (Phi) is 6.46. The standard InChI is InChI=1S/C19H17ClF6N2O3S/c20-14-2-1-3-16(12-14)32(30,31)28-10-8-27(9-11-28)15-6-4-13(5-7-15)17(29,18(21,22)23)19(24,25)26/h1-7,12,29H,8-11H2. The van der Waals surface area contributed by atoms with Crippen LogP contribution in [0, 0.1) is 0 Å². The number of hydrogen-bond acceptors (Lipinski definition) is 4. The van der Waals surface area contributed by atoms with Gasteiger partial charge in [0.2, 0.25) is 10.0 Å². The molecule has 0 aliphatic carbocycles. The van der Waals surface area contributed by atoms with E-state index in [1.807, 2.05) is 0 Å². The molecule has 1 heterocycles. The van der Waals surface area contributed by atoms with Crippen LogP contribution in [0.5, 0.6) is 0 Å². The van der Waals surface area contributed by atoms with Crippen molar-refractivity contribution in [3.05, 3.63) is 59.1 Å². The number of aliphatic hydroxyl groups is 1. The zero-order valence-corrected chi connectivity index (χ0v) is 17.7. The van der Waals surface area contributed by atoms with Gasteiger partial charge in [-0.2, -0.15) is 30.6 Å². The van der Waals surface area contributed by atoms with Crippen molar-refractivity contribution in [2.24, 2.45) is 0 Å². The third-order valence-electron chi connectivity index (χ3n) is 5.14. The van der Waals surface area contributed by atoms with Crippen molar-refractivity contribution in [2.75, 3.05) is 31.1 Å². The molecule has 1 aliphatic heterocycles. The Morgan fingerprint density at radius 1 is 0.844 bits per heavy atom. The zero-order valence-electron chi connectivity index (χ0n) is 16.2. The predicted molar refractivity (Wildman–Crippen MR) is 105 cm³/mol. The molecule has 0 saturated carbocycles. The van der Waals surface area contributed by atoms with E-state index in [-0.39, 0.29) is 36.1 Å². The Balaban J connectivity index is 1.76. The summed E-state index contributed by atoms with van der Waals surface area (Å²) in [6.45, 7) is 0.404. The van der Waals surface area contributed by atoms with Crippen molar-refractivity contribution < 1.29 is 39.9 Å². The van der Waals surface area contributed by atoms with Gasteiger partial charge in [0.25, 0.3) is 5.60 Å². The van der Waals surface area contributed by atoms with Gasteiger partial charge in [-0.15, -0.1) is 0 Å². The maximum atomic E-state index is 13.0. The molecule has 176 valence electrons. The van der Waals surface area contributed by atoms with Crippen molar-refractivity contribution in [2.45, 2.75) is 22.8 Å². The molecule has 2 aromatic rings. The van der Waals surface area contributed by atoms with Crippen LogP contribution in [0.15, 0.2) is 53.4 Å². The molecule has 0 amide bonds. The minimum Gasteiger partial charge on any atom is -0.369 e. The lowest BCUT2D eigenvalue weighted by Crippen LogP contribution is -2.54. The predicted octanol–water partition coefficient (Wildman–Crippen LogP) is 4.16. The van der Waals surface area contributed by atoms with Crippen LogP contribution >= 0.6 is 11.6 Å². The second-order valence-electron chi connectivity index (χ2n) is 7.10. The van der Waals surface area contributed by atoms with E-state index in [1.165, 1.54) is 28.6 Å². The van der Waals surface area contributed by atoms with Crippen LogP contribution in [0.25, 0.3) is 0 Å². The maximum absolute atomic E-state index is 13.0. The molecule has 2 aromatic carbocycles. The van der Waals surface area contributed by atoms with Gasteiger partial charge in [0.1, 0.15) is 0 Å². The quantitative estimate of drug-likeness (QED) is 0.638. The average Bonchev–Trinajstić information content (AvgIpc) is 2.72. The molecular weight excluding hydrogens is 486 g/mol. The molecule has 0 radical (unpaired) electrons.